The number of aromatic amines is 1. The number of hydrogen-bond donors (Lipinski definition) is 4. The van der Waals surface area contributed by atoms with Gasteiger partial charge >= 0.3 is 0 Å². The first-order chi connectivity index (χ1) is 15.5. The predicted molar refractivity (Wildman–Crippen MR) is 127 cm³/mol. The minimum absolute atomic E-state index is 0.265. The van der Waals surface area contributed by atoms with Gasteiger partial charge in [0.1, 0.15) is 17.8 Å². The van der Waals surface area contributed by atoms with Gasteiger partial charge in [-0.25, -0.2) is 9.97 Å². The lowest BCUT2D eigenvalue weighted by molar-refractivity contribution is 0.101. The molecule has 5 aromatic rings. The zero-order chi connectivity index (χ0) is 22.2. The molecule has 2 amide bonds. The number of rotatable bonds is 4. The third-order valence-electron chi connectivity index (χ3n) is 5.14. The van der Waals surface area contributed by atoms with Crippen molar-refractivity contribution >= 4 is 61.5 Å². The molecule has 0 bridgehead atoms. The van der Waals surface area contributed by atoms with E-state index < -0.39 is 0 Å². The summed E-state index contributed by atoms with van der Waals surface area (Å²) in [6.07, 6.45) is 1.34. The van der Waals surface area contributed by atoms with Crippen LogP contribution in [-0.2, 0) is 0 Å². The maximum atomic E-state index is 12.9. The maximum absolute atomic E-state index is 12.9. The molecule has 0 saturated heterocycles. The smallest absolute Gasteiger partial charge is 0.272 e. The molecule has 158 valence electrons. The van der Waals surface area contributed by atoms with Crippen LogP contribution in [0.3, 0.4) is 0 Å². The number of H-pyrrole nitrogens is 1. The van der Waals surface area contributed by atoms with E-state index in [1.165, 1.54) is 17.7 Å². The number of para-hydroxylation sites is 1. The Balaban J connectivity index is 1.38. The van der Waals surface area contributed by atoms with Gasteiger partial charge in [0.05, 0.1) is 15.8 Å². The van der Waals surface area contributed by atoms with E-state index in [1.54, 1.807) is 23.6 Å². The van der Waals surface area contributed by atoms with Crippen LogP contribution >= 0.6 is 11.3 Å². The molecule has 5 rings (SSSR count). The van der Waals surface area contributed by atoms with Gasteiger partial charge in [-0.15, -0.1) is 11.3 Å². The molecule has 3 heterocycles. The number of aryl methyl sites for hydroxylation is 1. The number of nitrogens with two attached hydrogens (primary N) is 1. The van der Waals surface area contributed by atoms with Gasteiger partial charge in [0.15, 0.2) is 0 Å². The Labute approximate surface area is 186 Å². The lowest BCUT2D eigenvalue weighted by atomic mass is 10.1. The highest BCUT2D eigenvalue weighted by Crippen LogP contribution is 2.29. The molecule has 3 aromatic heterocycles. The zero-order valence-electron chi connectivity index (χ0n) is 17.0. The van der Waals surface area contributed by atoms with Crippen molar-refractivity contribution in [1.82, 2.24) is 15.0 Å². The largest absolute Gasteiger partial charge is 0.382 e. The molecule has 0 spiro atoms. The summed E-state index contributed by atoms with van der Waals surface area (Å²) in [5, 5.41) is 8.45. The normalized spacial score (nSPS) is 11.0. The van der Waals surface area contributed by atoms with Gasteiger partial charge in [-0.05, 0) is 36.8 Å². The number of hydrogen-bond acceptors (Lipinski definition) is 6. The second kappa shape index (κ2) is 7.78. The summed E-state index contributed by atoms with van der Waals surface area (Å²) in [5.41, 5.74) is 10.2. The number of thiophene rings is 1. The molecule has 9 heteroatoms. The van der Waals surface area contributed by atoms with Gasteiger partial charge in [-0.3, -0.25) is 9.59 Å². The van der Waals surface area contributed by atoms with Crippen LogP contribution in [0.25, 0.3) is 21.1 Å². The average molecular weight is 443 g/mol. The third-order valence-corrected chi connectivity index (χ3v) is 6.14. The zero-order valence-corrected chi connectivity index (χ0v) is 17.8. The van der Waals surface area contributed by atoms with Gasteiger partial charge in [0, 0.05) is 27.7 Å². The molecule has 32 heavy (non-hydrogen) atoms. The van der Waals surface area contributed by atoms with Crippen molar-refractivity contribution in [2.75, 3.05) is 16.4 Å². The lowest BCUT2D eigenvalue weighted by Crippen LogP contribution is -2.15. The number of anilines is 3. The number of nitrogens with zero attached hydrogens (tertiary/aromatic N) is 2. The molecule has 0 atom stereocenters. The highest BCUT2D eigenvalue weighted by molar-refractivity contribution is 7.18. The number of aromatic nitrogens is 3. The van der Waals surface area contributed by atoms with E-state index in [0.717, 1.165) is 16.5 Å². The molecular weight excluding hydrogens is 424 g/mol. The molecule has 2 aromatic carbocycles. The topological polar surface area (TPSA) is 126 Å². The van der Waals surface area contributed by atoms with Crippen LogP contribution < -0.4 is 16.4 Å². The molecule has 0 aliphatic heterocycles. The fourth-order valence-electron chi connectivity index (χ4n) is 3.45. The molecule has 0 aliphatic carbocycles. The second-order valence-electron chi connectivity index (χ2n) is 7.29. The van der Waals surface area contributed by atoms with Gasteiger partial charge in [-0.1, -0.05) is 24.3 Å². The quantitative estimate of drug-likeness (QED) is 0.324. The van der Waals surface area contributed by atoms with Crippen molar-refractivity contribution in [2.45, 2.75) is 6.92 Å². The molecule has 0 saturated carbocycles. The summed E-state index contributed by atoms with van der Waals surface area (Å²) in [5.74, 6) is -0.230. The summed E-state index contributed by atoms with van der Waals surface area (Å²) < 4.78 is 0.675. The summed E-state index contributed by atoms with van der Waals surface area (Å²) in [6, 6.07) is 14.8. The molecule has 0 radical (unpaired) electrons. The van der Waals surface area contributed by atoms with E-state index in [1.807, 2.05) is 37.3 Å². The second-order valence-corrected chi connectivity index (χ2v) is 8.17. The molecule has 0 aliphatic rings. The number of carbonyl (C=O) groups is 2. The molecule has 5 N–H and O–H groups in total. The van der Waals surface area contributed by atoms with Crippen molar-refractivity contribution in [3.63, 3.8) is 0 Å². The Morgan fingerprint density at radius 1 is 1.03 bits per heavy atom. The number of carbonyl (C=O) groups excluding carboxylic acids is 2. The van der Waals surface area contributed by atoms with E-state index in [-0.39, 0.29) is 11.8 Å². The van der Waals surface area contributed by atoms with E-state index in [9.17, 15) is 9.59 Å². The highest BCUT2D eigenvalue weighted by atomic mass is 32.1. The number of nitrogens with one attached hydrogen (secondary N) is 3. The fourth-order valence-corrected chi connectivity index (χ4v) is 4.35. The third kappa shape index (κ3) is 3.54. The summed E-state index contributed by atoms with van der Waals surface area (Å²) in [6.45, 7) is 1.88. The summed E-state index contributed by atoms with van der Waals surface area (Å²) in [4.78, 5) is 36.9. The molecule has 0 unspecified atom stereocenters. The van der Waals surface area contributed by atoms with Crippen LogP contribution in [0, 0.1) is 6.92 Å². The van der Waals surface area contributed by atoms with Gasteiger partial charge in [0.2, 0.25) is 0 Å². The Hall–Kier alpha value is -4.24. The van der Waals surface area contributed by atoms with Crippen LogP contribution in [0.1, 0.15) is 26.4 Å². The average Bonchev–Trinajstić information content (AvgIpc) is 3.41. The van der Waals surface area contributed by atoms with Crippen molar-refractivity contribution in [2.24, 2.45) is 0 Å². The minimum Gasteiger partial charge on any atom is -0.382 e. The van der Waals surface area contributed by atoms with Crippen LogP contribution in [0.15, 0.2) is 60.2 Å². The first-order valence-electron chi connectivity index (χ1n) is 9.78. The first-order valence-corrected chi connectivity index (χ1v) is 10.7. The summed E-state index contributed by atoms with van der Waals surface area (Å²) in [7, 11) is 0. The minimum atomic E-state index is -0.309. The monoisotopic (exact) mass is 442 g/mol. The van der Waals surface area contributed by atoms with Crippen molar-refractivity contribution in [1.29, 1.82) is 0 Å². The Morgan fingerprint density at radius 2 is 1.88 bits per heavy atom. The Kier molecular flexibility index (Phi) is 4.79. The Bertz CT molecular complexity index is 1470. The SMILES string of the molecule is Cc1ccc(NC(=O)c2cc3ccccc3[nH]2)cc1NC(=O)c1csc2c(N)ncnc12. The van der Waals surface area contributed by atoms with Crippen molar-refractivity contribution in [3.05, 3.63) is 77.1 Å². The Morgan fingerprint density at radius 3 is 2.72 bits per heavy atom. The summed E-state index contributed by atoms with van der Waals surface area (Å²) >= 11 is 1.32. The van der Waals surface area contributed by atoms with Gasteiger partial charge < -0.3 is 21.4 Å². The van der Waals surface area contributed by atoms with Gasteiger partial charge in [0.25, 0.3) is 11.8 Å². The maximum Gasteiger partial charge on any atom is 0.272 e. The number of benzene rings is 2. The van der Waals surface area contributed by atoms with Crippen LogP contribution in [-0.4, -0.2) is 26.8 Å². The lowest BCUT2D eigenvalue weighted by Gasteiger charge is -2.11. The standard InChI is InChI=1S/C23H18N6O2S/c1-12-6-7-14(27-23(31)18-8-13-4-2-3-5-16(13)28-18)9-17(12)29-22(30)15-10-32-20-19(15)25-11-26-21(20)24/h2-11,28H,1H3,(H,27,31)(H,29,30)(H2,24,25,26). The highest BCUT2D eigenvalue weighted by Gasteiger charge is 2.17. The molecule has 8 nitrogen and oxygen atoms in total. The van der Waals surface area contributed by atoms with Crippen LogP contribution in [0.2, 0.25) is 0 Å². The molecular formula is C23H18N6O2S. The van der Waals surface area contributed by atoms with E-state index in [2.05, 4.69) is 25.6 Å². The van der Waals surface area contributed by atoms with Crippen LogP contribution in [0.5, 0.6) is 0 Å². The first kappa shape index (κ1) is 19.7. The van der Waals surface area contributed by atoms with Gasteiger partial charge in [-0.2, -0.15) is 0 Å². The predicted octanol–water partition coefficient (Wildman–Crippen LogP) is 4.57. The van der Waals surface area contributed by atoms with E-state index in [0.29, 0.717) is 38.7 Å². The fraction of sp³-hybridized carbons (Fsp3) is 0.0435. The van der Waals surface area contributed by atoms with Crippen molar-refractivity contribution in [3.8, 4) is 0 Å². The van der Waals surface area contributed by atoms with Crippen LogP contribution in [0.4, 0.5) is 17.2 Å². The molecule has 0 fully saturated rings. The number of nitrogen functional groups attached to an aromatic ring is 1. The van der Waals surface area contributed by atoms with E-state index >= 15 is 0 Å². The number of fused-ring (bicyclic) bond motifs is 2. The van der Waals surface area contributed by atoms with E-state index in [4.69, 9.17) is 5.73 Å². The van der Waals surface area contributed by atoms with Crippen molar-refractivity contribution < 1.29 is 9.59 Å². The number of amides is 2.